The molecule has 0 unspecified atom stereocenters. The molecule has 0 heterocycles. The molecule has 1 aromatic carbocycles. The standard InChI is InChI=1S/C9H12N4S.ClH/c10-8(11)14-9(12)13-6-7-4-2-1-3-5-7;/h1-5H,6H2,(H3,10,11)(H2,12,13);1H. The topological polar surface area (TPSA) is 88.2 Å². The fourth-order valence-corrected chi connectivity index (χ4v) is 1.25. The lowest BCUT2D eigenvalue weighted by atomic mass is 10.2. The monoisotopic (exact) mass is 244 g/mol. The van der Waals surface area contributed by atoms with Gasteiger partial charge in [-0.2, -0.15) is 0 Å². The van der Waals surface area contributed by atoms with Gasteiger partial charge in [-0.1, -0.05) is 30.3 Å². The van der Waals surface area contributed by atoms with Gasteiger partial charge in [0.05, 0.1) is 6.54 Å². The van der Waals surface area contributed by atoms with Crippen LogP contribution in [0.5, 0.6) is 0 Å². The number of aliphatic imine (C=N–C) groups is 1. The maximum Gasteiger partial charge on any atom is 0.162 e. The molecule has 0 bridgehead atoms. The van der Waals surface area contributed by atoms with Crippen LogP contribution in [0, 0.1) is 5.41 Å². The Bertz CT molecular complexity index is 339. The summed E-state index contributed by atoms with van der Waals surface area (Å²) in [6, 6.07) is 9.77. The first-order valence-electron chi connectivity index (χ1n) is 4.04. The Morgan fingerprint density at radius 1 is 1.27 bits per heavy atom. The first-order chi connectivity index (χ1) is 6.68. The summed E-state index contributed by atoms with van der Waals surface area (Å²) in [6.45, 7) is 0.521. The molecule has 0 aromatic heterocycles. The van der Waals surface area contributed by atoms with E-state index in [0.717, 1.165) is 17.3 Å². The Morgan fingerprint density at radius 3 is 2.40 bits per heavy atom. The van der Waals surface area contributed by atoms with Crippen LogP contribution in [0.3, 0.4) is 0 Å². The number of rotatable bonds is 2. The van der Waals surface area contributed by atoms with E-state index in [0.29, 0.717) is 11.7 Å². The third kappa shape index (κ3) is 5.98. The van der Waals surface area contributed by atoms with Crippen molar-refractivity contribution < 1.29 is 0 Å². The van der Waals surface area contributed by atoms with Gasteiger partial charge in [0.25, 0.3) is 0 Å². The number of nitrogens with zero attached hydrogens (tertiary/aromatic N) is 1. The second kappa shape index (κ2) is 7.14. The van der Waals surface area contributed by atoms with E-state index >= 15 is 0 Å². The summed E-state index contributed by atoms with van der Waals surface area (Å²) in [5.74, 6) is 0. The first kappa shape index (κ1) is 13.8. The van der Waals surface area contributed by atoms with E-state index in [-0.39, 0.29) is 17.6 Å². The van der Waals surface area contributed by atoms with Crippen LogP contribution in [-0.4, -0.2) is 10.3 Å². The van der Waals surface area contributed by atoms with Crippen LogP contribution in [-0.2, 0) is 6.54 Å². The maximum atomic E-state index is 6.99. The number of thioether (sulfide) groups is 1. The third-order valence-electron chi connectivity index (χ3n) is 1.47. The largest absolute Gasteiger partial charge is 0.378 e. The number of hydrogen-bond acceptors (Lipinski definition) is 3. The van der Waals surface area contributed by atoms with Gasteiger partial charge in [-0.05, 0) is 17.3 Å². The number of amidine groups is 2. The van der Waals surface area contributed by atoms with Gasteiger partial charge >= 0.3 is 0 Å². The molecule has 0 atom stereocenters. The van der Waals surface area contributed by atoms with Crippen molar-refractivity contribution in [2.75, 3.05) is 0 Å². The highest BCUT2D eigenvalue weighted by Crippen LogP contribution is 2.03. The molecule has 15 heavy (non-hydrogen) atoms. The van der Waals surface area contributed by atoms with Gasteiger partial charge in [0, 0.05) is 0 Å². The highest BCUT2D eigenvalue weighted by Gasteiger charge is 1.95. The lowest BCUT2D eigenvalue weighted by Crippen LogP contribution is -2.15. The fourth-order valence-electron chi connectivity index (χ4n) is 0.898. The Balaban J connectivity index is 0.00000196. The molecule has 0 aliphatic heterocycles. The molecule has 0 amide bonds. The Hall–Kier alpha value is -1.20. The number of nitrogens with two attached hydrogens (primary N) is 2. The van der Waals surface area contributed by atoms with Crippen molar-refractivity contribution in [1.29, 1.82) is 5.41 Å². The van der Waals surface area contributed by atoms with Gasteiger partial charge in [-0.3, -0.25) is 10.4 Å². The zero-order valence-electron chi connectivity index (χ0n) is 8.01. The molecular weight excluding hydrogens is 232 g/mol. The molecule has 0 aliphatic rings. The van der Waals surface area contributed by atoms with Gasteiger partial charge in [-0.25, -0.2) is 0 Å². The van der Waals surface area contributed by atoms with Crippen molar-refractivity contribution >= 4 is 34.5 Å². The molecule has 0 radical (unpaired) electrons. The van der Waals surface area contributed by atoms with Crippen molar-refractivity contribution in [3.05, 3.63) is 35.9 Å². The molecular formula is C9H13ClN4S. The number of benzene rings is 1. The zero-order chi connectivity index (χ0) is 10.4. The smallest absolute Gasteiger partial charge is 0.162 e. The highest BCUT2D eigenvalue weighted by atomic mass is 35.5. The Kier molecular flexibility index (Phi) is 6.57. The van der Waals surface area contributed by atoms with Crippen LogP contribution in [0.25, 0.3) is 0 Å². The Morgan fingerprint density at radius 2 is 1.87 bits per heavy atom. The minimum atomic E-state index is -0.0423. The van der Waals surface area contributed by atoms with Crippen molar-refractivity contribution in [3.63, 3.8) is 0 Å². The van der Waals surface area contributed by atoms with E-state index in [4.69, 9.17) is 16.9 Å². The fraction of sp³-hybridized carbons (Fsp3) is 0.111. The molecule has 5 N–H and O–H groups in total. The predicted octanol–water partition coefficient (Wildman–Crippen LogP) is 1.55. The van der Waals surface area contributed by atoms with Crippen molar-refractivity contribution in [1.82, 2.24) is 0 Å². The minimum Gasteiger partial charge on any atom is -0.378 e. The second-order valence-electron chi connectivity index (χ2n) is 2.61. The van der Waals surface area contributed by atoms with E-state index in [1.807, 2.05) is 30.3 Å². The van der Waals surface area contributed by atoms with Gasteiger partial charge in [0.2, 0.25) is 0 Å². The van der Waals surface area contributed by atoms with Crippen LogP contribution >= 0.6 is 24.2 Å². The molecule has 0 aliphatic carbocycles. The summed E-state index contributed by atoms with van der Waals surface area (Å²) in [7, 11) is 0. The van der Waals surface area contributed by atoms with Gasteiger partial charge < -0.3 is 11.5 Å². The van der Waals surface area contributed by atoms with E-state index < -0.39 is 0 Å². The molecule has 1 rings (SSSR count). The molecule has 0 saturated carbocycles. The van der Waals surface area contributed by atoms with E-state index in [9.17, 15) is 0 Å². The van der Waals surface area contributed by atoms with Gasteiger partial charge in [0.1, 0.15) is 0 Å². The molecule has 82 valence electrons. The lowest BCUT2D eigenvalue weighted by molar-refractivity contribution is 1.07. The van der Waals surface area contributed by atoms with Crippen LogP contribution in [0.15, 0.2) is 35.3 Å². The van der Waals surface area contributed by atoms with Crippen LogP contribution in [0.4, 0.5) is 0 Å². The summed E-state index contributed by atoms with van der Waals surface area (Å²) >= 11 is 0.963. The lowest BCUT2D eigenvalue weighted by Gasteiger charge is -1.98. The van der Waals surface area contributed by atoms with Crippen molar-refractivity contribution in [3.8, 4) is 0 Å². The summed E-state index contributed by atoms with van der Waals surface area (Å²) < 4.78 is 0. The van der Waals surface area contributed by atoms with Gasteiger partial charge in [0.15, 0.2) is 10.3 Å². The van der Waals surface area contributed by atoms with Crippen LogP contribution in [0.2, 0.25) is 0 Å². The number of nitrogens with one attached hydrogen (secondary N) is 1. The molecule has 0 spiro atoms. The maximum absolute atomic E-state index is 6.99. The number of hydrogen-bond donors (Lipinski definition) is 3. The van der Waals surface area contributed by atoms with E-state index in [1.165, 1.54) is 0 Å². The molecule has 4 nitrogen and oxygen atoms in total. The zero-order valence-corrected chi connectivity index (χ0v) is 9.65. The summed E-state index contributed by atoms with van der Waals surface area (Å²) in [6.07, 6.45) is 0. The Labute approximate surface area is 99.1 Å². The summed E-state index contributed by atoms with van der Waals surface area (Å²) in [5.41, 5.74) is 11.7. The molecule has 0 saturated heterocycles. The third-order valence-corrected chi connectivity index (χ3v) is 2.03. The molecule has 6 heteroatoms. The quantitative estimate of drug-likeness (QED) is 0.545. The van der Waals surface area contributed by atoms with E-state index in [1.54, 1.807) is 0 Å². The molecule has 1 aromatic rings. The average molecular weight is 245 g/mol. The first-order valence-corrected chi connectivity index (χ1v) is 4.86. The van der Waals surface area contributed by atoms with Gasteiger partial charge in [-0.15, -0.1) is 12.4 Å². The van der Waals surface area contributed by atoms with E-state index in [2.05, 4.69) is 4.99 Å². The van der Waals surface area contributed by atoms with Crippen molar-refractivity contribution in [2.45, 2.75) is 6.54 Å². The average Bonchev–Trinajstić information content (AvgIpc) is 2.15. The van der Waals surface area contributed by atoms with Crippen LogP contribution in [0.1, 0.15) is 5.56 Å². The highest BCUT2D eigenvalue weighted by molar-refractivity contribution is 8.26. The number of halogens is 1. The van der Waals surface area contributed by atoms with Crippen LogP contribution < -0.4 is 11.5 Å². The molecule has 0 fully saturated rings. The second-order valence-corrected chi connectivity index (χ2v) is 3.67. The summed E-state index contributed by atoms with van der Waals surface area (Å²) in [5, 5.41) is 7.27. The predicted molar refractivity (Wildman–Crippen MR) is 68.5 cm³/mol. The summed E-state index contributed by atoms with van der Waals surface area (Å²) in [4.78, 5) is 4.07. The van der Waals surface area contributed by atoms with Crippen molar-refractivity contribution in [2.24, 2.45) is 16.5 Å². The minimum absolute atomic E-state index is 0. The normalized spacial score (nSPS) is 10.5. The SMILES string of the molecule is Cl.N=C(N)SC(N)=NCc1ccccc1.